The second-order valence-electron chi connectivity index (χ2n) is 5.96. The number of benzene rings is 2. The molecule has 0 unspecified atom stereocenters. The fraction of sp³-hybridized carbons (Fsp3) is 0.136. The van der Waals surface area contributed by atoms with Crippen molar-refractivity contribution in [2.24, 2.45) is 5.10 Å². The summed E-state index contributed by atoms with van der Waals surface area (Å²) in [7, 11) is 0. The highest BCUT2D eigenvalue weighted by molar-refractivity contribution is 6.31. The van der Waals surface area contributed by atoms with Gasteiger partial charge in [0.25, 0.3) is 5.91 Å². The summed E-state index contributed by atoms with van der Waals surface area (Å²) in [5.41, 5.74) is 4.55. The van der Waals surface area contributed by atoms with Gasteiger partial charge >= 0.3 is 0 Å². The van der Waals surface area contributed by atoms with Crippen LogP contribution in [0.15, 0.2) is 72.1 Å². The lowest BCUT2D eigenvalue weighted by Gasteiger charge is -2.13. The van der Waals surface area contributed by atoms with Crippen molar-refractivity contribution in [1.82, 2.24) is 10.4 Å². The first-order chi connectivity index (χ1) is 14.2. The molecule has 3 rings (SSSR count). The van der Waals surface area contributed by atoms with Gasteiger partial charge in [-0.15, -0.1) is 0 Å². The number of hydrogen-bond donors (Lipinski definition) is 1. The van der Waals surface area contributed by atoms with Crippen LogP contribution in [0.3, 0.4) is 0 Å². The van der Waals surface area contributed by atoms with Gasteiger partial charge in [0.15, 0.2) is 11.5 Å². The van der Waals surface area contributed by atoms with Gasteiger partial charge in [0, 0.05) is 23.0 Å². The number of ether oxygens (including phenoxy) is 2. The molecule has 1 N–H and O–H groups in total. The second-order valence-corrected chi connectivity index (χ2v) is 6.37. The fourth-order valence-corrected chi connectivity index (χ4v) is 2.68. The third-order valence-corrected chi connectivity index (χ3v) is 4.28. The smallest absolute Gasteiger partial charge is 0.272 e. The summed E-state index contributed by atoms with van der Waals surface area (Å²) in [5, 5.41) is 4.64. The van der Waals surface area contributed by atoms with E-state index in [1.807, 2.05) is 37.3 Å². The van der Waals surface area contributed by atoms with Crippen molar-refractivity contribution in [2.75, 3.05) is 6.61 Å². The maximum atomic E-state index is 12.0. The molecule has 0 saturated heterocycles. The average molecular weight is 410 g/mol. The van der Waals surface area contributed by atoms with Crippen molar-refractivity contribution in [1.29, 1.82) is 0 Å². The first-order valence-corrected chi connectivity index (χ1v) is 9.41. The lowest BCUT2D eigenvalue weighted by atomic mass is 10.2. The molecule has 29 heavy (non-hydrogen) atoms. The quantitative estimate of drug-likeness (QED) is 0.440. The van der Waals surface area contributed by atoms with Crippen LogP contribution in [-0.4, -0.2) is 23.7 Å². The van der Waals surface area contributed by atoms with Gasteiger partial charge in [0.05, 0.1) is 18.4 Å². The van der Waals surface area contributed by atoms with Crippen LogP contribution in [-0.2, 0) is 6.61 Å². The third-order valence-electron chi connectivity index (χ3n) is 3.91. The summed E-state index contributed by atoms with van der Waals surface area (Å²) >= 11 is 6.18. The molecule has 1 heterocycles. The molecule has 0 fully saturated rings. The number of carbonyl (C=O) groups is 1. The van der Waals surface area contributed by atoms with E-state index in [1.165, 1.54) is 12.4 Å². The number of carbonyl (C=O) groups excluding carboxylic acids is 1. The lowest BCUT2D eigenvalue weighted by Crippen LogP contribution is -2.17. The van der Waals surface area contributed by atoms with E-state index in [-0.39, 0.29) is 5.91 Å². The molecular formula is C22H20ClN3O3. The zero-order valence-electron chi connectivity index (χ0n) is 15.8. The van der Waals surface area contributed by atoms with Crippen LogP contribution in [0.1, 0.15) is 28.4 Å². The van der Waals surface area contributed by atoms with E-state index in [0.29, 0.717) is 35.3 Å². The van der Waals surface area contributed by atoms with Gasteiger partial charge in [-0.05, 0) is 48.9 Å². The number of nitrogens with one attached hydrogen (secondary N) is 1. The molecule has 1 amide bonds. The number of nitrogens with zero attached hydrogens (tertiary/aromatic N) is 2. The first-order valence-electron chi connectivity index (χ1n) is 9.04. The Morgan fingerprint density at radius 1 is 1.14 bits per heavy atom. The summed E-state index contributed by atoms with van der Waals surface area (Å²) < 4.78 is 11.6. The minimum Gasteiger partial charge on any atom is -0.490 e. The molecule has 0 atom stereocenters. The lowest BCUT2D eigenvalue weighted by molar-refractivity contribution is 0.0955. The molecule has 3 aromatic rings. The molecule has 6 nitrogen and oxygen atoms in total. The van der Waals surface area contributed by atoms with Crippen LogP contribution in [0.2, 0.25) is 5.02 Å². The molecule has 2 aromatic carbocycles. The van der Waals surface area contributed by atoms with Crippen LogP contribution in [0, 0.1) is 0 Å². The molecule has 7 heteroatoms. The Hall–Kier alpha value is -3.38. The molecule has 0 saturated carbocycles. The van der Waals surface area contributed by atoms with Crippen LogP contribution >= 0.6 is 11.6 Å². The monoisotopic (exact) mass is 409 g/mol. The largest absolute Gasteiger partial charge is 0.490 e. The minimum absolute atomic E-state index is 0.328. The molecule has 0 spiro atoms. The highest BCUT2D eigenvalue weighted by Crippen LogP contribution is 2.29. The van der Waals surface area contributed by atoms with E-state index < -0.39 is 0 Å². The van der Waals surface area contributed by atoms with E-state index in [9.17, 15) is 4.79 Å². The zero-order valence-corrected chi connectivity index (χ0v) is 16.6. The van der Waals surface area contributed by atoms with Crippen molar-refractivity contribution in [3.8, 4) is 11.5 Å². The van der Waals surface area contributed by atoms with Gasteiger partial charge in [0.2, 0.25) is 0 Å². The molecule has 0 aliphatic rings. The van der Waals surface area contributed by atoms with Crippen LogP contribution in [0.4, 0.5) is 0 Å². The third kappa shape index (κ3) is 5.80. The van der Waals surface area contributed by atoms with Crippen molar-refractivity contribution < 1.29 is 14.3 Å². The minimum atomic E-state index is -0.334. The van der Waals surface area contributed by atoms with E-state index >= 15 is 0 Å². The van der Waals surface area contributed by atoms with E-state index in [0.717, 1.165) is 11.1 Å². The Balaban J connectivity index is 1.67. The van der Waals surface area contributed by atoms with Gasteiger partial charge in [-0.1, -0.05) is 29.8 Å². The summed E-state index contributed by atoms with van der Waals surface area (Å²) in [4.78, 5) is 15.9. The van der Waals surface area contributed by atoms with E-state index in [2.05, 4.69) is 15.5 Å². The van der Waals surface area contributed by atoms with Crippen molar-refractivity contribution in [3.05, 3.63) is 88.7 Å². The molecule has 148 valence electrons. The Kier molecular flexibility index (Phi) is 7.19. The predicted octanol–water partition coefficient (Wildman–Crippen LogP) is 4.48. The second kappa shape index (κ2) is 10.2. The van der Waals surface area contributed by atoms with Gasteiger partial charge in [-0.25, -0.2) is 5.43 Å². The van der Waals surface area contributed by atoms with Crippen LogP contribution in [0.5, 0.6) is 11.5 Å². The molecule has 0 aliphatic heterocycles. The maximum absolute atomic E-state index is 12.0. The number of pyridine rings is 1. The van der Waals surface area contributed by atoms with Crippen molar-refractivity contribution in [2.45, 2.75) is 13.5 Å². The van der Waals surface area contributed by atoms with Crippen LogP contribution in [0.25, 0.3) is 0 Å². The number of rotatable bonds is 8. The van der Waals surface area contributed by atoms with Gasteiger partial charge in [-0.3, -0.25) is 9.78 Å². The number of aromatic nitrogens is 1. The standard InChI is InChI=1S/C22H20ClN3O3/c1-2-28-21-12-16(13-25-26-22(27)17-7-5-11-24-14-17)9-10-20(21)29-15-18-6-3-4-8-19(18)23/h3-14H,2,15H2,1H3,(H,26,27)/b25-13-. The summed E-state index contributed by atoms with van der Waals surface area (Å²) in [6.45, 7) is 2.71. The number of halogens is 1. The topological polar surface area (TPSA) is 72.8 Å². The Labute approximate surface area is 174 Å². The molecule has 0 radical (unpaired) electrons. The van der Waals surface area contributed by atoms with Crippen molar-refractivity contribution >= 4 is 23.7 Å². The Morgan fingerprint density at radius 3 is 2.76 bits per heavy atom. The molecule has 0 aliphatic carbocycles. The van der Waals surface area contributed by atoms with Gasteiger partial charge < -0.3 is 9.47 Å². The molecule has 0 bridgehead atoms. The van der Waals surface area contributed by atoms with Gasteiger partial charge in [-0.2, -0.15) is 5.10 Å². The predicted molar refractivity (Wildman–Crippen MR) is 113 cm³/mol. The average Bonchev–Trinajstić information content (AvgIpc) is 2.75. The Bertz CT molecular complexity index is 994. The zero-order chi connectivity index (χ0) is 20.5. The number of amides is 1. The number of hydrogen-bond acceptors (Lipinski definition) is 5. The highest BCUT2D eigenvalue weighted by atomic mass is 35.5. The number of hydrazone groups is 1. The SMILES string of the molecule is CCOc1cc(/C=N\NC(=O)c2cccnc2)ccc1OCc1ccccc1Cl. The maximum Gasteiger partial charge on any atom is 0.272 e. The summed E-state index contributed by atoms with van der Waals surface area (Å²) in [6, 6.07) is 16.3. The first kappa shape index (κ1) is 20.4. The molecular weight excluding hydrogens is 390 g/mol. The van der Waals surface area contributed by atoms with Crippen LogP contribution < -0.4 is 14.9 Å². The van der Waals surface area contributed by atoms with E-state index in [1.54, 1.807) is 30.5 Å². The fourth-order valence-electron chi connectivity index (χ4n) is 2.49. The van der Waals surface area contributed by atoms with Gasteiger partial charge in [0.1, 0.15) is 6.61 Å². The highest BCUT2D eigenvalue weighted by Gasteiger charge is 2.08. The Morgan fingerprint density at radius 2 is 2.00 bits per heavy atom. The summed E-state index contributed by atoms with van der Waals surface area (Å²) in [5.74, 6) is 0.851. The van der Waals surface area contributed by atoms with Crippen molar-refractivity contribution in [3.63, 3.8) is 0 Å². The van der Waals surface area contributed by atoms with E-state index in [4.69, 9.17) is 21.1 Å². The normalized spacial score (nSPS) is 10.7. The molecule has 1 aromatic heterocycles. The summed E-state index contributed by atoms with van der Waals surface area (Å²) in [6.07, 6.45) is 4.61.